The zero-order valence-electron chi connectivity index (χ0n) is 19.6. The highest BCUT2D eigenvalue weighted by Gasteiger charge is 2.33. The third-order valence-corrected chi connectivity index (χ3v) is 7.55. The molecule has 0 saturated heterocycles. The van der Waals surface area contributed by atoms with Crippen molar-refractivity contribution in [1.82, 2.24) is 14.9 Å². The van der Waals surface area contributed by atoms with E-state index in [9.17, 15) is 9.59 Å². The van der Waals surface area contributed by atoms with E-state index in [1.807, 2.05) is 27.8 Å². The molecule has 0 bridgehead atoms. The fourth-order valence-electron chi connectivity index (χ4n) is 4.87. The topological polar surface area (TPSA) is 81.6 Å². The first-order valence-electron chi connectivity index (χ1n) is 11.5. The van der Waals surface area contributed by atoms with Gasteiger partial charge in [0.05, 0.1) is 5.39 Å². The molecule has 4 rings (SSSR count). The zero-order chi connectivity index (χ0) is 23.0. The number of hydrogen-bond acceptors (Lipinski definition) is 7. The van der Waals surface area contributed by atoms with Crippen molar-refractivity contribution in [2.24, 2.45) is 0 Å². The van der Waals surface area contributed by atoms with Gasteiger partial charge in [0.25, 0.3) is 0 Å². The summed E-state index contributed by atoms with van der Waals surface area (Å²) in [6, 6.07) is 0.153. The van der Waals surface area contributed by atoms with Crippen LogP contribution in [0.1, 0.15) is 82.6 Å². The number of aromatic nitrogens is 2. The highest BCUT2D eigenvalue weighted by molar-refractivity contribution is 7.19. The van der Waals surface area contributed by atoms with E-state index in [1.165, 1.54) is 10.4 Å². The molecule has 1 amide bonds. The van der Waals surface area contributed by atoms with E-state index in [0.717, 1.165) is 48.7 Å². The lowest BCUT2D eigenvalue weighted by molar-refractivity contribution is -0.117. The lowest BCUT2D eigenvalue weighted by Gasteiger charge is -2.35. The van der Waals surface area contributed by atoms with Crippen LogP contribution in [-0.4, -0.2) is 51.5 Å². The second-order valence-corrected chi connectivity index (χ2v) is 11.2. The molecule has 1 fully saturated rings. The lowest BCUT2D eigenvalue weighted by atomic mass is 9.92. The molecule has 2 aromatic heterocycles. The van der Waals surface area contributed by atoms with E-state index >= 15 is 0 Å². The average Bonchev–Trinajstić information content (AvgIpc) is 3.26. The minimum Gasteiger partial charge on any atom is -0.474 e. The molecule has 32 heavy (non-hydrogen) atoms. The third kappa shape index (κ3) is 4.90. The van der Waals surface area contributed by atoms with Gasteiger partial charge >= 0.3 is 6.09 Å². The summed E-state index contributed by atoms with van der Waals surface area (Å²) in [5.41, 5.74) is 0.736. The van der Waals surface area contributed by atoms with Gasteiger partial charge in [0.1, 0.15) is 28.6 Å². The number of Topliss-reactive ketones (excluding diaryl/α,β-unsaturated/α-hetero) is 1. The fraction of sp³-hybridized carbons (Fsp3) is 0.667. The normalized spacial score (nSPS) is 23.1. The number of ketones is 1. The van der Waals surface area contributed by atoms with E-state index in [1.54, 1.807) is 29.5 Å². The molecular formula is C24H33N3O4S. The standard InChI is InChI=1S/C24H33N3O4S/c1-14(28)12-15-6-11-18-19(15)20-21(25-13-26-22(20)32-18)30-17-9-7-16(8-10-17)27(5)23(29)31-24(2,3)4/h13,15-17H,6-12H2,1-5H3/t15-,16-,17-/m1/s1. The Balaban J connectivity index is 1.44. The van der Waals surface area contributed by atoms with Crippen molar-refractivity contribution in [3.05, 3.63) is 16.8 Å². The van der Waals surface area contributed by atoms with Gasteiger partial charge in [-0.25, -0.2) is 14.8 Å². The van der Waals surface area contributed by atoms with Gasteiger partial charge in [-0.1, -0.05) is 0 Å². The van der Waals surface area contributed by atoms with Gasteiger partial charge in [-0.05, 0) is 77.7 Å². The van der Waals surface area contributed by atoms with Gasteiger partial charge in [-0.3, -0.25) is 0 Å². The summed E-state index contributed by atoms with van der Waals surface area (Å²) >= 11 is 1.70. The number of carbonyl (C=O) groups excluding carboxylic acids is 2. The minimum atomic E-state index is -0.495. The van der Waals surface area contributed by atoms with Crippen LogP contribution in [-0.2, 0) is 16.0 Å². The maximum absolute atomic E-state index is 12.4. The molecule has 2 aliphatic rings. The number of rotatable bonds is 5. The van der Waals surface area contributed by atoms with Gasteiger partial charge in [0.15, 0.2) is 0 Å². The highest BCUT2D eigenvalue weighted by atomic mass is 32.1. The van der Waals surface area contributed by atoms with E-state index < -0.39 is 5.60 Å². The smallest absolute Gasteiger partial charge is 0.410 e. The molecule has 0 spiro atoms. The predicted octanol–water partition coefficient (Wildman–Crippen LogP) is 5.26. The molecule has 0 N–H and O–H groups in total. The summed E-state index contributed by atoms with van der Waals surface area (Å²) in [6.45, 7) is 7.31. The predicted molar refractivity (Wildman–Crippen MR) is 124 cm³/mol. The average molecular weight is 460 g/mol. The Bertz CT molecular complexity index is 1000. The van der Waals surface area contributed by atoms with Crippen LogP contribution < -0.4 is 4.74 Å². The lowest BCUT2D eigenvalue weighted by Crippen LogP contribution is -2.43. The molecule has 2 aliphatic carbocycles. The molecular weight excluding hydrogens is 426 g/mol. The molecule has 0 radical (unpaired) electrons. The van der Waals surface area contributed by atoms with Gasteiger partial charge in [0.2, 0.25) is 5.88 Å². The van der Waals surface area contributed by atoms with Gasteiger partial charge < -0.3 is 19.2 Å². The number of thiophene rings is 1. The Morgan fingerprint density at radius 3 is 2.53 bits per heavy atom. The number of fused-ring (bicyclic) bond motifs is 3. The largest absolute Gasteiger partial charge is 0.474 e. The summed E-state index contributed by atoms with van der Waals surface area (Å²) in [5.74, 6) is 1.10. The van der Waals surface area contributed by atoms with Crippen molar-refractivity contribution in [1.29, 1.82) is 0 Å². The van der Waals surface area contributed by atoms with Gasteiger partial charge in [0, 0.05) is 24.4 Å². The first-order valence-corrected chi connectivity index (χ1v) is 12.3. The SMILES string of the molecule is CC(=O)C[C@H]1CCc2sc3ncnc(O[C@H]4CC[C@H](N(C)C(=O)OC(C)(C)C)CC4)c3c21. The summed E-state index contributed by atoms with van der Waals surface area (Å²) in [6.07, 6.45) is 7.36. The van der Waals surface area contributed by atoms with Crippen LogP contribution in [0.3, 0.4) is 0 Å². The number of ether oxygens (including phenoxy) is 2. The molecule has 8 heteroatoms. The molecule has 0 unspecified atom stereocenters. The van der Waals surface area contributed by atoms with Gasteiger partial charge in [-0.2, -0.15) is 0 Å². The van der Waals surface area contributed by atoms with Crippen LogP contribution in [0.4, 0.5) is 4.79 Å². The summed E-state index contributed by atoms with van der Waals surface area (Å²) in [4.78, 5) is 37.1. The Kier molecular flexibility index (Phi) is 6.43. The molecule has 0 aliphatic heterocycles. The Morgan fingerprint density at radius 2 is 1.88 bits per heavy atom. The number of hydrogen-bond donors (Lipinski definition) is 0. The van der Waals surface area contributed by atoms with Crippen LogP contribution in [0.25, 0.3) is 10.2 Å². The first kappa shape index (κ1) is 23.0. The van der Waals surface area contributed by atoms with Crippen molar-refractivity contribution in [2.75, 3.05) is 7.05 Å². The van der Waals surface area contributed by atoms with Crippen molar-refractivity contribution in [3.63, 3.8) is 0 Å². The van der Waals surface area contributed by atoms with Crippen LogP contribution >= 0.6 is 11.3 Å². The minimum absolute atomic E-state index is 0.0552. The third-order valence-electron chi connectivity index (χ3n) is 6.38. The Morgan fingerprint density at radius 1 is 1.16 bits per heavy atom. The van der Waals surface area contributed by atoms with E-state index in [4.69, 9.17) is 9.47 Å². The number of amides is 1. The quantitative estimate of drug-likeness (QED) is 0.607. The van der Waals surface area contributed by atoms with Crippen LogP contribution in [0.15, 0.2) is 6.33 Å². The monoisotopic (exact) mass is 459 g/mol. The fourth-order valence-corrected chi connectivity index (χ4v) is 6.10. The van der Waals surface area contributed by atoms with Crippen molar-refractivity contribution >= 4 is 33.4 Å². The molecule has 1 saturated carbocycles. The van der Waals surface area contributed by atoms with Crippen molar-refractivity contribution in [3.8, 4) is 5.88 Å². The van der Waals surface area contributed by atoms with Crippen LogP contribution in [0.2, 0.25) is 0 Å². The Hall–Kier alpha value is -2.22. The molecule has 174 valence electrons. The van der Waals surface area contributed by atoms with Gasteiger partial charge in [-0.15, -0.1) is 11.3 Å². The maximum atomic E-state index is 12.4. The first-order chi connectivity index (χ1) is 15.1. The van der Waals surface area contributed by atoms with Crippen LogP contribution in [0.5, 0.6) is 5.88 Å². The van der Waals surface area contributed by atoms with E-state index in [0.29, 0.717) is 12.3 Å². The van der Waals surface area contributed by atoms with E-state index in [-0.39, 0.29) is 29.9 Å². The van der Waals surface area contributed by atoms with Crippen molar-refractivity contribution in [2.45, 2.75) is 96.3 Å². The second-order valence-electron chi connectivity index (χ2n) is 10.1. The number of nitrogens with zero attached hydrogens (tertiary/aromatic N) is 3. The zero-order valence-corrected chi connectivity index (χ0v) is 20.5. The molecule has 1 atom stereocenters. The summed E-state index contributed by atoms with van der Waals surface area (Å²) in [7, 11) is 1.82. The molecule has 7 nitrogen and oxygen atoms in total. The summed E-state index contributed by atoms with van der Waals surface area (Å²) in [5, 5.41) is 1.00. The Labute approximate surface area is 193 Å². The number of carbonyl (C=O) groups is 2. The molecule has 2 aromatic rings. The maximum Gasteiger partial charge on any atom is 0.410 e. The molecule has 2 heterocycles. The highest BCUT2D eigenvalue weighted by Crippen LogP contribution is 2.47. The number of aryl methyl sites for hydroxylation is 1. The van der Waals surface area contributed by atoms with Crippen molar-refractivity contribution < 1.29 is 19.1 Å². The second kappa shape index (κ2) is 8.96. The van der Waals surface area contributed by atoms with E-state index in [2.05, 4.69) is 9.97 Å². The summed E-state index contributed by atoms with van der Waals surface area (Å²) < 4.78 is 11.9. The van der Waals surface area contributed by atoms with Crippen LogP contribution in [0, 0.1) is 0 Å². The molecule has 0 aromatic carbocycles.